The monoisotopic (exact) mass is 311 g/mol. The summed E-state index contributed by atoms with van der Waals surface area (Å²) in [5, 5.41) is 0. The number of carbonyl (C=O) groups is 1. The molecule has 0 aliphatic carbocycles. The number of hydrogen-bond acceptors (Lipinski definition) is 2. The largest absolute Gasteiger partial charge is 0.399 e. The summed E-state index contributed by atoms with van der Waals surface area (Å²) in [6.45, 7) is 0. The molecule has 2 N–H and O–H groups in total. The topological polar surface area (TPSA) is 43.1 Å². The van der Waals surface area contributed by atoms with E-state index in [1.807, 2.05) is 0 Å². The summed E-state index contributed by atoms with van der Waals surface area (Å²) in [5.74, 6) is -2.51. The van der Waals surface area contributed by atoms with E-state index in [1.54, 1.807) is 0 Å². The number of ketones is 1. The Morgan fingerprint density at radius 1 is 1.06 bits per heavy atom. The van der Waals surface area contributed by atoms with Crippen LogP contribution in [0, 0.1) is 11.6 Å². The van der Waals surface area contributed by atoms with E-state index in [0.717, 1.165) is 12.1 Å². The molecule has 2 rings (SSSR count). The summed E-state index contributed by atoms with van der Waals surface area (Å²) in [5.41, 5.74) is 5.57. The molecule has 0 saturated heterocycles. The van der Waals surface area contributed by atoms with Crippen LogP contribution in [0.2, 0.25) is 0 Å². The second-order valence-corrected chi connectivity index (χ2v) is 4.61. The lowest BCUT2D eigenvalue weighted by atomic mass is 10.0. The van der Waals surface area contributed by atoms with E-state index in [-0.39, 0.29) is 10.0 Å². The summed E-state index contributed by atoms with van der Waals surface area (Å²) in [6, 6.07) is 7.96. The van der Waals surface area contributed by atoms with Crippen LogP contribution in [0.5, 0.6) is 0 Å². The Balaban J connectivity index is 2.49. The van der Waals surface area contributed by atoms with E-state index in [9.17, 15) is 13.6 Å². The van der Waals surface area contributed by atoms with Crippen LogP contribution >= 0.6 is 15.9 Å². The van der Waals surface area contributed by atoms with Gasteiger partial charge in [0.25, 0.3) is 0 Å². The van der Waals surface area contributed by atoms with Crippen LogP contribution in [0.15, 0.2) is 40.9 Å². The van der Waals surface area contributed by atoms with Gasteiger partial charge in [0, 0.05) is 15.7 Å². The average Bonchev–Trinajstić information content (AvgIpc) is 2.28. The Labute approximate surface area is 111 Å². The van der Waals surface area contributed by atoms with Gasteiger partial charge in [0.1, 0.15) is 11.6 Å². The van der Waals surface area contributed by atoms with E-state index in [4.69, 9.17) is 5.73 Å². The van der Waals surface area contributed by atoms with Gasteiger partial charge >= 0.3 is 0 Å². The lowest BCUT2D eigenvalue weighted by Gasteiger charge is -2.05. The molecule has 18 heavy (non-hydrogen) atoms. The van der Waals surface area contributed by atoms with Gasteiger partial charge in [0.2, 0.25) is 0 Å². The fourth-order valence-corrected chi connectivity index (χ4v) is 1.94. The van der Waals surface area contributed by atoms with Gasteiger partial charge < -0.3 is 5.73 Å². The van der Waals surface area contributed by atoms with E-state index in [0.29, 0.717) is 5.69 Å². The number of hydrogen-bond donors (Lipinski definition) is 1. The van der Waals surface area contributed by atoms with Crippen LogP contribution in [0.3, 0.4) is 0 Å². The molecule has 2 aromatic rings. The molecule has 0 heterocycles. The average molecular weight is 312 g/mol. The number of carbonyl (C=O) groups excluding carboxylic acids is 1. The maximum atomic E-state index is 13.6. The molecule has 0 spiro atoms. The Bertz CT molecular complexity index is 588. The molecular formula is C13H8BrF2NO. The maximum Gasteiger partial charge on any atom is 0.198 e. The molecular weight excluding hydrogens is 304 g/mol. The summed E-state index contributed by atoms with van der Waals surface area (Å²) >= 11 is 2.95. The molecule has 0 aromatic heterocycles. The van der Waals surface area contributed by atoms with Crippen molar-refractivity contribution in [3.05, 3.63) is 63.6 Å². The Hall–Kier alpha value is -1.75. The van der Waals surface area contributed by atoms with Crippen molar-refractivity contribution in [2.75, 3.05) is 5.73 Å². The highest BCUT2D eigenvalue weighted by molar-refractivity contribution is 9.10. The van der Waals surface area contributed by atoms with Crippen molar-refractivity contribution < 1.29 is 13.6 Å². The van der Waals surface area contributed by atoms with Gasteiger partial charge in [-0.15, -0.1) is 0 Å². The van der Waals surface area contributed by atoms with Crippen LogP contribution in [0.1, 0.15) is 15.9 Å². The quantitative estimate of drug-likeness (QED) is 0.681. The molecule has 0 radical (unpaired) electrons. The molecule has 0 unspecified atom stereocenters. The zero-order valence-electron chi connectivity index (χ0n) is 9.08. The zero-order chi connectivity index (χ0) is 13.3. The van der Waals surface area contributed by atoms with Gasteiger partial charge in [-0.1, -0.05) is 15.9 Å². The smallest absolute Gasteiger partial charge is 0.198 e. The van der Waals surface area contributed by atoms with Gasteiger partial charge in [-0.25, -0.2) is 8.78 Å². The molecule has 0 bridgehead atoms. The molecule has 0 aliphatic rings. The number of halogens is 3. The second-order valence-electron chi connectivity index (χ2n) is 3.70. The minimum absolute atomic E-state index is 0.185. The van der Waals surface area contributed by atoms with Gasteiger partial charge in [-0.3, -0.25) is 4.79 Å². The van der Waals surface area contributed by atoms with Crippen molar-refractivity contribution in [3.63, 3.8) is 0 Å². The molecule has 2 nitrogen and oxygen atoms in total. The van der Waals surface area contributed by atoms with Gasteiger partial charge in [-0.2, -0.15) is 0 Å². The van der Waals surface area contributed by atoms with Crippen LogP contribution in [0.25, 0.3) is 0 Å². The molecule has 0 saturated carbocycles. The van der Waals surface area contributed by atoms with Crippen molar-refractivity contribution in [3.8, 4) is 0 Å². The summed E-state index contributed by atoms with van der Waals surface area (Å²) in [6.07, 6.45) is 0. The SMILES string of the molecule is Nc1ccc(C(=O)c2c(F)cc(Br)cc2F)cc1. The van der Waals surface area contributed by atoms with Crippen molar-refractivity contribution in [2.45, 2.75) is 0 Å². The number of benzene rings is 2. The first kappa shape index (κ1) is 12.7. The lowest BCUT2D eigenvalue weighted by Crippen LogP contribution is -2.07. The van der Waals surface area contributed by atoms with Crippen LogP contribution in [0.4, 0.5) is 14.5 Å². The summed E-state index contributed by atoms with van der Waals surface area (Å²) in [4.78, 5) is 12.0. The zero-order valence-corrected chi connectivity index (χ0v) is 10.7. The van der Waals surface area contributed by atoms with E-state index in [1.165, 1.54) is 24.3 Å². The highest BCUT2D eigenvalue weighted by atomic mass is 79.9. The predicted octanol–water partition coefficient (Wildman–Crippen LogP) is 3.54. The fourth-order valence-electron chi connectivity index (χ4n) is 1.54. The Morgan fingerprint density at radius 3 is 2.06 bits per heavy atom. The minimum atomic E-state index is -0.899. The van der Waals surface area contributed by atoms with E-state index in [2.05, 4.69) is 15.9 Å². The normalized spacial score (nSPS) is 10.4. The fraction of sp³-hybridized carbons (Fsp3) is 0. The number of nitrogen functional groups attached to an aromatic ring is 1. The van der Waals surface area contributed by atoms with E-state index >= 15 is 0 Å². The highest BCUT2D eigenvalue weighted by Crippen LogP contribution is 2.22. The Morgan fingerprint density at radius 2 is 1.56 bits per heavy atom. The Kier molecular flexibility index (Phi) is 3.43. The molecule has 5 heteroatoms. The van der Waals surface area contributed by atoms with Crippen molar-refractivity contribution in [1.29, 1.82) is 0 Å². The summed E-state index contributed by atoms with van der Waals surface area (Å²) in [7, 11) is 0. The van der Waals surface area contributed by atoms with Crippen molar-refractivity contribution >= 4 is 27.4 Å². The molecule has 0 amide bonds. The van der Waals surface area contributed by atoms with E-state index < -0.39 is 23.0 Å². The first-order valence-electron chi connectivity index (χ1n) is 5.04. The molecule has 0 atom stereocenters. The highest BCUT2D eigenvalue weighted by Gasteiger charge is 2.19. The standard InChI is InChI=1S/C13H8BrF2NO/c14-8-5-10(15)12(11(16)6-8)13(18)7-1-3-9(17)4-2-7/h1-6H,17H2. The molecule has 92 valence electrons. The number of nitrogens with two attached hydrogens (primary N) is 1. The first-order chi connectivity index (χ1) is 8.49. The first-order valence-corrected chi connectivity index (χ1v) is 5.83. The predicted molar refractivity (Wildman–Crippen MR) is 68.3 cm³/mol. The molecule has 0 aliphatic heterocycles. The second kappa shape index (κ2) is 4.86. The lowest BCUT2D eigenvalue weighted by molar-refractivity contribution is 0.103. The maximum absolute atomic E-state index is 13.6. The van der Waals surface area contributed by atoms with Crippen LogP contribution in [-0.2, 0) is 0 Å². The minimum Gasteiger partial charge on any atom is -0.399 e. The summed E-state index contributed by atoms with van der Waals surface area (Å²) < 4.78 is 27.5. The third kappa shape index (κ3) is 2.41. The molecule has 0 fully saturated rings. The van der Waals surface area contributed by atoms with Crippen molar-refractivity contribution in [1.82, 2.24) is 0 Å². The van der Waals surface area contributed by atoms with Crippen LogP contribution < -0.4 is 5.73 Å². The van der Waals surface area contributed by atoms with Crippen LogP contribution in [-0.4, -0.2) is 5.78 Å². The third-order valence-electron chi connectivity index (χ3n) is 2.41. The van der Waals surface area contributed by atoms with Gasteiger partial charge in [0.15, 0.2) is 5.78 Å². The number of anilines is 1. The molecule has 2 aromatic carbocycles. The van der Waals surface area contributed by atoms with Crippen molar-refractivity contribution in [2.24, 2.45) is 0 Å². The number of rotatable bonds is 2. The van der Waals surface area contributed by atoms with Gasteiger partial charge in [0.05, 0.1) is 5.56 Å². The van der Waals surface area contributed by atoms with Gasteiger partial charge in [-0.05, 0) is 36.4 Å². The third-order valence-corrected chi connectivity index (χ3v) is 2.86.